The molecule has 0 amide bonds. The zero-order valence-electron chi connectivity index (χ0n) is 13.1. The van der Waals surface area contributed by atoms with Gasteiger partial charge in [-0.15, -0.1) is 6.58 Å². The van der Waals surface area contributed by atoms with Crippen molar-refractivity contribution >= 4 is 0 Å². The Hall–Kier alpha value is -1.12. The molecule has 0 saturated carbocycles. The minimum absolute atomic E-state index is 0.184. The van der Waals surface area contributed by atoms with E-state index in [1.54, 1.807) is 0 Å². The van der Waals surface area contributed by atoms with E-state index in [1.165, 1.54) is 12.0 Å². The van der Waals surface area contributed by atoms with Crippen LogP contribution in [-0.2, 0) is 6.54 Å². The van der Waals surface area contributed by atoms with Gasteiger partial charge >= 0.3 is 0 Å². The topological polar surface area (TPSA) is 15.3 Å². The van der Waals surface area contributed by atoms with Crippen LogP contribution in [0.4, 0.5) is 0 Å². The van der Waals surface area contributed by atoms with Gasteiger partial charge in [0.25, 0.3) is 0 Å². The predicted octanol–water partition coefficient (Wildman–Crippen LogP) is 3.45. The molecule has 3 unspecified atom stereocenters. The molecule has 1 aromatic rings. The zero-order chi connectivity index (χ0) is 14.6. The predicted molar refractivity (Wildman–Crippen MR) is 86.7 cm³/mol. The molecule has 110 valence electrons. The third kappa shape index (κ3) is 3.31. The number of hydrogen-bond acceptors (Lipinski definition) is 2. The van der Waals surface area contributed by atoms with Crippen molar-refractivity contribution in [2.75, 3.05) is 13.6 Å². The van der Waals surface area contributed by atoms with Gasteiger partial charge < -0.3 is 10.2 Å². The standard InChI is InChI=1S/C18H28N2/c1-5-11-18(12-16(3)20(4)14-15(18)2)19-13-17-9-7-6-8-10-17/h5-10,15-16,19H,1,11-14H2,2-4H3. The summed E-state index contributed by atoms with van der Waals surface area (Å²) < 4.78 is 0. The monoisotopic (exact) mass is 272 g/mol. The molecule has 2 nitrogen and oxygen atoms in total. The van der Waals surface area contributed by atoms with Crippen LogP contribution in [0.1, 0.15) is 32.3 Å². The van der Waals surface area contributed by atoms with Crippen molar-refractivity contribution in [2.24, 2.45) is 5.92 Å². The molecule has 0 radical (unpaired) electrons. The van der Waals surface area contributed by atoms with Crippen LogP contribution in [0, 0.1) is 5.92 Å². The van der Waals surface area contributed by atoms with Crippen LogP contribution in [-0.4, -0.2) is 30.1 Å². The van der Waals surface area contributed by atoms with Crippen LogP contribution < -0.4 is 5.32 Å². The molecule has 1 heterocycles. The zero-order valence-corrected chi connectivity index (χ0v) is 13.1. The van der Waals surface area contributed by atoms with Gasteiger partial charge in [-0.1, -0.05) is 43.3 Å². The first-order chi connectivity index (χ1) is 9.57. The fourth-order valence-corrected chi connectivity index (χ4v) is 3.41. The van der Waals surface area contributed by atoms with Crippen LogP contribution in [0.3, 0.4) is 0 Å². The Morgan fingerprint density at radius 3 is 2.70 bits per heavy atom. The molecular weight excluding hydrogens is 244 g/mol. The SMILES string of the molecule is C=CCC1(NCc2ccccc2)CC(C)N(C)CC1C. The Bertz CT molecular complexity index is 428. The Morgan fingerprint density at radius 2 is 2.05 bits per heavy atom. The van der Waals surface area contributed by atoms with E-state index in [4.69, 9.17) is 0 Å². The van der Waals surface area contributed by atoms with Crippen molar-refractivity contribution in [1.29, 1.82) is 0 Å². The Balaban J connectivity index is 2.10. The van der Waals surface area contributed by atoms with Crippen LogP contribution in [0.2, 0.25) is 0 Å². The lowest BCUT2D eigenvalue weighted by Gasteiger charge is -2.49. The summed E-state index contributed by atoms with van der Waals surface area (Å²) in [5.74, 6) is 0.630. The molecule has 1 fully saturated rings. The largest absolute Gasteiger partial charge is 0.307 e. The second-order valence-electron chi connectivity index (χ2n) is 6.38. The van der Waals surface area contributed by atoms with E-state index in [0.717, 1.165) is 19.5 Å². The van der Waals surface area contributed by atoms with Gasteiger partial charge in [0, 0.05) is 24.7 Å². The van der Waals surface area contributed by atoms with Crippen LogP contribution in [0.15, 0.2) is 43.0 Å². The first kappa shape index (κ1) is 15.3. The van der Waals surface area contributed by atoms with Gasteiger partial charge in [0.05, 0.1) is 0 Å². The van der Waals surface area contributed by atoms with Crippen molar-refractivity contribution < 1.29 is 0 Å². The fourth-order valence-electron chi connectivity index (χ4n) is 3.41. The molecule has 1 aliphatic heterocycles. The summed E-state index contributed by atoms with van der Waals surface area (Å²) in [7, 11) is 2.23. The van der Waals surface area contributed by atoms with Crippen molar-refractivity contribution in [1.82, 2.24) is 10.2 Å². The van der Waals surface area contributed by atoms with Gasteiger partial charge in [0.15, 0.2) is 0 Å². The van der Waals surface area contributed by atoms with Gasteiger partial charge in [-0.3, -0.25) is 0 Å². The summed E-state index contributed by atoms with van der Waals surface area (Å²) in [4.78, 5) is 2.47. The average Bonchev–Trinajstić information content (AvgIpc) is 2.44. The van der Waals surface area contributed by atoms with Crippen molar-refractivity contribution in [3.8, 4) is 0 Å². The van der Waals surface area contributed by atoms with Crippen LogP contribution in [0.25, 0.3) is 0 Å². The summed E-state index contributed by atoms with van der Waals surface area (Å²) in [6.07, 6.45) is 4.30. The fraction of sp³-hybridized carbons (Fsp3) is 0.556. The molecule has 3 atom stereocenters. The number of likely N-dealkylation sites (tertiary alicyclic amines) is 1. The van der Waals surface area contributed by atoms with Gasteiger partial charge in [0.2, 0.25) is 0 Å². The lowest BCUT2D eigenvalue weighted by atomic mass is 9.73. The highest BCUT2D eigenvalue weighted by Gasteiger charge is 2.41. The molecule has 1 saturated heterocycles. The number of hydrogen-bond donors (Lipinski definition) is 1. The number of benzene rings is 1. The Labute approximate surface area is 123 Å². The second kappa shape index (κ2) is 6.55. The minimum atomic E-state index is 0.184. The number of piperidine rings is 1. The van der Waals surface area contributed by atoms with E-state index < -0.39 is 0 Å². The molecule has 0 aliphatic carbocycles. The molecule has 2 rings (SSSR count). The third-order valence-corrected chi connectivity index (χ3v) is 4.91. The minimum Gasteiger partial charge on any atom is -0.307 e. The molecule has 20 heavy (non-hydrogen) atoms. The number of rotatable bonds is 5. The number of nitrogens with one attached hydrogen (secondary N) is 1. The molecular formula is C18H28N2. The highest BCUT2D eigenvalue weighted by atomic mass is 15.2. The maximum Gasteiger partial charge on any atom is 0.0271 e. The van der Waals surface area contributed by atoms with Crippen LogP contribution >= 0.6 is 0 Å². The molecule has 0 aromatic heterocycles. The van der Waals surface area contributed by atoms with Crippen molar-refractivity contribution in [3.63, 3.8) is 0 Å². The summed E-state index contributed by atoms with van der Waals surface area (Å²) >= 11 is 0. The van der Waals surface area contributed by atoms with Crippen molar-refractivity contribution in [3.05, 3.63) is 48.6 Å². The summed E-state index contributed by atoms with van der Waals surface area (Å²) in [6.45, 7) is 10.8. The quantitative estimate of drug-likeness (QED) is 0.826. The first-order valence-corrected chi connectivity index (χ1v) is 7.67. The van der Waals surface area contributed by atoms with Crippen LogP contribution in [0.5, 0.6) is 0 Å². The van der Waals surface area contributed by atoms with Gasteiger partial charge in [-0.2, -0.15) is 0 Å². The normalized spacial score (nSPS) is 31.1. The highest BCUT2D eigenvalue weighted by Crippen LogP contribution is 2.34. The maximum atomic E-state index is 3.98. The average molecular weight is 272 g/mol. The summed E-state index contributed by atoms with van der Waals surface area (Å²) in [6, 6.07) is 11.3. The molecule has 2 heteroatoms. The van der Waals surface area contributed by atoms with E-state index in [1.807, 2.05) is 0 Å². The van der Waals surface area contributed by atoms with E-state index >= 15 is 0 Å². The molecule has 1 aromatic carbocycles. The van der Waals surface area contributed by atoms with Crippen molar-refractivity contribution in [2.45, 2.75) is 44.8 Å². The first-order valence-electron chi connectivity index (χ1n) is 7.67. The van der Waals surface area contributed by atoms with E-state index in [2.05, 4.69) is 74.1 Å². The summed E-state index contributed by atoms with van der Waals surface area (Å²) in [5, 5.41) is 3.86. The molecule has 1 aliphatic rings. The number of nitrogens with zero attached hydrogens (tertiary/aromatic N) is 1. The lowest BCUT2D eigenvalue weighted by molar-refractivity contribution is 0.0548. The summed E-state index contributed by atoms with van der Waals surface area (Å²) in [5.41, 5.74) is 1.54. The smallest absolute Gasteiger partial charge is 0.0271 e. The Morgan fingerprint density at radius 1 is 1.35 bits per heavy atom. The van der Waals surface area contributed by atoms with E-state index in [-0.39, 0.29) is 5.54 Å². The molecule has 0 bridgehead atoms. The molecule has 1 N–H and O–H groups in total. The van der Waals surface area contributed by atoms with E-state index in [0.29, 0.717) is 12.0 Å². The Kier molecular flexibility index (Phi) is 5.00. The lowest BCUT2D eigenvalue weighted by Crippen LogP contribution is -2.60. The molecule has 0 spiro atoms. The van der Waals surface area contributed by atoms with Gasteiger partial charge in [-0.05, 0) is 38.3 Å². The maximum absolute atomic E-state index is 3.98. The highest BCUT2D eigenvalue weighted by molar-refractivity contribution is 5.15. The van der Waals surface area contributed by atoms with Gasteiger partial charge in [0.1, 0.15) is 0 Å². The van der Waals surface area contributed by atoms with Gasteiger partial charge in [-0.25, -0.2) is 0 Å². The third-order valence-electron chi connectivity index (χ3n) is 4.91. The second-order valence-corrected chi connectivity index (χ2v) is 6.38. The van der Waals surface area contributed by atoms with E-state index in [9.17, 15) is 0 Å².